The van der Waals surface area contributed by atoms with Crippen LogP contribution in [0.5, 0.6) is 5.75 Å². The number of rotatable bonds is 12. The van der Waals surface area contributed by atoms with Gasteiger partial charge in [0, 0.05) is 56.8 Å². The van der Waals surface area contributed by atoms with E-state index in [1.807, 2.05) is 6.92 Å². The first kappa shape index (κ1) is 34.8. The molecule has 1 aromatic carbocycles. The van der Waals surface area contributed by atoms with Crippen LogP contribution in [-0.4, -0.2) is 125 Å². The summed E-state index contributed by atoms with van der Waals surface area (Å²) < 4.78 is 25.0. The Kier molecular flexibility index (Phi) is 11.9. The van der Waals surface area contributed by atoms with Crippen LogP contribution < -0.4 is 15.4 Å². The lowest BCUT2D eigenvalue weighted by atomic mass is 10.1. The molecule has 2 fully saturated rings. The van der Waals surface area contributed by atoms with E-state index in [4.69, 9.17) is 9.47 Å². The Morgan fingerprint density at radius 1 is 1.04 bits per heavy atom. The molecule has 0 radical (unpaired) electrons. The second kappa shape index (κ2) is 16.0. The lowest BCUT2D eigenvalue weighted by Crippen LogP contribution is -2.56. The zero-order chi connectivity index (χ0) is 34.1. The van der Waals surface area contributed by atoms with Crippen LogP contribution in [0.4, 0.5) is 9.18 Å². The van der Waals surface area contributed by atoms with Crippen molar-refractivity contribution in [1.29, 1.82) is 0 Å². The Labute approximate surface area is 270 Å². The van der Waals surface area contributed by atoms with E-state index in [2.05, 4.69) is 15.6 Å². The van der Waals surface area contributed by atoms with Gasteiger partial charge >= 0.3 is 12.1 Å². The number of aliphatic carboxylic acids is 1. The highest BCUT2D eigenvalue weighted by molar-refractivity contribution is 6.00. The Balaban J connectivity index is 1.50. The summed E-state index contributed by atoms with van der Waals surface area (Å²) in [6.07, 6.45) is 0.660. The molecular formula is C31H39FN6O9. The highest BCUT2D eigenvalue weighted by atomic mass is 19.1. The van der Waals surface area contributed by atoms with Crippen molar-refractivity contribution in [1.82, 2.24) is 30.3 Å². The number of piperazine rings is 1. The Morgan fingerprint density at radius 2 is 1.77 bits per heavy atom. The van der Waals surface area contributed by atoms with E-state index in [9.17, 15) is 38.3 Å². The number of nitrogens with one attached hydrogen (secondary N) is 2. The number of carbonyl (C=O) groups excluding carboxylic acids is 5. The van der Waals surface area contributed by atoms with Gasteiger partial charge in [0.25, 0.3) is 11.8 Å². The number of carboxylic acid groups (broad SMARTS) is 1. The topological polar surface area (TPSA) is 188 Å². The van der Waals surface area contributed by atoms with Crippen molar-refractivity contribution in [3.63, 3.8) is 0 Å². The fourth-order valence-electron chi connectivity index (χ4n) is 5.48. The van der Waals surface area contributed by atoms with Crippen molar-refractivity contribution in [3.05, 3.63) is 35.8 Å². The highest BCUT2D eigenvalue weighted by Gasteiger charge is 2.35. The van der Waals surface area contributed by atoms with Crippen LogP contribution in [0.1, 0.15) is 50.0 Å². The van der Waals surface area contributed by atoms with Gasteiger partial charge in [-0.25, -0.2) is 14.2 Å². The summed E-state index contributed by atoms with van der Waals surface area (Å²) in [5, 5.41) is 15.0. The molecule has 16 heteroatoms. The lowest BCUT2D eigenvalue weighted by molar-refractivity contribution is -0.143. The molecule has 4 rings (SSSR count). The highest BCUT2D eigenvalue weighted by Crippen LogP contribution is 2.27. The molecule has 2 atom stereocenters. The first-order valence-electron chi connectivity index (χ1n) is 15.6. The first-order valence-corrected chi connectivity index (χ1v) is 15.6. The maximum Gasteiger partial charge on any atom is 0.409 e. The van der Waals surface area contributed by atoms with Crippen LogP contribution in [0.2, 0.25) is 0 Å². The minimum atomic E-state index is -1.48. The summed E-state index contributed by atoms with van der Waals surface area (Å²) in [5.74, 6) is -4.25. The van der Waals surface area contributed by atoms with Crippen LogP contribution >= 0.6 is 0 Å². The molecule has 0 saturated carbocycles. The monoisotopic (exact) mass is 658 g/mol. The van der Waals surface area contributed by atoms with E-state index < -0.39 is 60.7 Å². The fraction of sp³-hybridized carbons (Fsp3) is 0.516. The SMILES string of the molecule is CCCNC(=O)C1CCCN1C(=O)COc1cc(C(=O)NC(CC(=O)O)C(=O)N2CCN(C(=O)OCC)CC2)nc2cc(F)ccc12. The molecule has 2 saturated heterocycles. The van der Waals surface area contributed by atoms with E-state index in [1.54, 1.807) is 6.92 Å². The second-order valence-electron chi connectivity index (χ2n) is 11.1. The Hall–Kier alpha value is -5.02. The largest absolute Gasteiger partial charge is 0.483 e. The van der Waals surface area contributed by atoms with Crippen LogP contribution in [0.25, 0.3) is 10.9 Å². The summed E-state index contributed by atoms with van der Waals surface area (Å²) in [6.45, 7) is 4.70. The molecular weight excluding hydrogens is 619 g/mol. The first-order chi connectivity index (χ1) is 22.5. The van der Waals surface area contributed by atoms with E-state index in [0.29, 0.717) is 31.3 Å². The number of aromatic nitrogens is 1. The normalized spacial score (nSPS) is 16.8. The number of likely N-dealkylation sites (tertiary alicyclic amines) is 1. The number of hydrogen-bond donors (Lipinski definition) is 3. The molecule has 254 valence electrons. The van der Waals surface area contributed by atoms with Crippen LogP contribution in [0.15, 0.2) is 24.3 Å². The molecule has 0 bridgehead atoms. The molecule has 47 heavy (non-hydrogen) atoms. The number of ether oxygens (including phenoxy) is 2. The fourth-order valence-corrected chi connectivity index (χ4v) is 5.48. The van der Waals surface area contributed by atoms with Crippen molar-refractivity contribution < 1.29 is 47.7 Å². The van der Waals surface area contributed by atoms with E-state index in [1.165, 1.54) is 26.8 Å². The van der Waals surface area contributed by atoms with E-state index in [-0.39, 0.29) is 55.7 Å². The number of amides is 5. The third-order valence-electron chi connectivity index (χ3n) is 7.84. The standard InChI is InChI=1S/C31H39FN6O9/c1-3-9-33-29(43)24-6-5-10-38(24)26(39)18-47-25-16-22(34-21-15-19(32)7-8-20(21)25)28(42)35-23(17-27(40)41)30(44)36-11-13-37(14-12-36)31(45)46-4-2/h7-8,15-16,23-24H,3-6,9-14,17-18H2,1-2H3,(H,33,43)(H,35,42)(H,40,41). The number of pyridine rings is 1. The predicted octanol–water partition coefficient (Wildman–Crippen LogP) is 1.14. The third-order valence-corrected chi connectivity index (χ3v) is 7.84. The van der Waals surface area contributed by atoms with Gasteiger partial charge in [-0.2, -0.15) is 0 Å². The minimum Gasteiger partial charge on any atom is -0.483 e. The molecule has 2 aromatic rings. The van der Waals surface area contributed by atoms with Crippen molar-refractivity contribution in [2.24, 2.45) is 0 Å². The number of carbonyl (C=O) groups is 6. The zero-order valence-electron chi connectivity index (χ0n) is 26.3. The molecule has 2 aliphatic heterocycles. The van der Waals surface area contributed by atoms with Gasteiger partial charge in [0.15, 0.2) is 6.61 Å². The average Bonchev–Trinajstić information content (AvgIpc) is 3.55. The van der Waals surface area contributed by atoms with Gasteiger partial charge in [0.05, 0.1) is 18.5 Å². The number of nitrogens with zero attached hydrogens (tertiary/aromatic N) is 4. The quantitative estimate of drug-likeness (QED) is 0.299. The number of halogens is 1. The van der Waals surface area contributed by atoms with Gasteiger partial charge in [-0.15, -0.1) is 0 Å². The van der Waals surface area contributed by atoms with Crippen molar-refractivity contribution in [2.45, 2.75) is 51.6 Å². The van der Waals surface area contributed by atoms with Gasteiger partial charge in [-0.1, -0.05) is 6.92 Å². The van der Waals surface area contributed by atoms with Gasteiger partial charge in [-0.3, -0.25) is 24.0 Å². The minimum absolute atomic E-state index is 0.0225. The predicted molar refractivity (Wildman–Crippen MR) is 164 cm³/mol. The molecule has 2 aliphatic rings. The number of hydrogen-bond acceptors (Lipinski definition) is 9. The molecule has 15 nitrogen and oxygen atoms in total. The van der Waals surface area contributed by atoms with Crippen LogP contribution in [0, 0.1) is 5.82 Å². The molecule has 5 amide bonds. The second-order valence-corrected chi connectivity index (χ2v) is 11.1. The molecule has 0 aliphatic carbocycles. The molecule has 1 aromatic heterocycles. The molecule has 3 heterocycles. The summed E-state index contributed by atoms with van der Waals surface area (Å²) in [4.78, 5) is 84.5. The van der Waals surface area contributed by atoms with Gasteiger partial charge in [0.2, 0.25) is 11.8 Å². The number of carboxylic acids is 1. The van der Waals surface area contributed by atoms with Crippen LogP contribution in [-0.2, 0) is 23.9 Å². The Bertz CT molecular complexity index is 1510. The molecule has 0 spiro atoms. The zero-order valence-corrected chi connectivity index (χ0v) is 26.3. The van der Waals surface area contributed by atoms with E-state index >= 15 is 0 Å². The van der Waals surface area contributed by atoms with Gasteiger partial charge in [-0.05, 0) is 38.3 Å². The average molecular weight is 659 g/mol. The van der Waals surface area contributed by atoms with E-state index in [0.717, 1.165) is 18.6 Å². The summed E-state index contributed by atoms with van der Waals surface area (Å²) in [7, 11) is 0. The summed E-state index contributed by atoms with van der Waals surface area (Å²) >= 11 is 0. The maximum atomic E-state index is 14.2. The number of benzene rings is 1. The smallest absolute Gasteiger partial charge is 0.409 e. The third kappa shape index (κ3) is 8.83. The van der Waals surface area contributed by atoms with Gasteiger partial charge < -0.3 is 39.9 Å². The maximum absolute atomic E-state index is 14.2. The summed E-state index contributed by atoms with van der Waals surface area (Å²) in [6, 6.07) is 2.73. The van der Waals surface area contributed by atoms with Gasteiger partial charge in [0.1, 0.15) is 29.3 Å². The lowest BCUT2D eigenvalue weighted by Gasteiger charge is -2.35. The van der Waals surface area contributed by atoms with Crippen molar-refractivity contribution in [2.75, 3.05) is 52.5 Å². The van der Waals surface area contributed by atoms with Crippen molar-refractivity contribution in [3.8, 4) is 5.75 Å². The van der Waals surface area contributed by atoms with Crippen molar-refractivity contribution >= 4 is 46.6 Å². The van der Waals surface area contributed by atoms with Crippen LogP contribution in [0.3, 0.4) is 0 Å². The number of fused-ring (bicyclic) bond motifs is 1. The summed E-state index contributed by atoms with van der Waals surface area (Å²) in [5.41, 5.74) is -0.284. The molecule has 3 N–H and O–H groups in total. The Morgan fingerprint density at radius 3 is 2.45 bits per heavy atom. The molecule has 2 unspecified atom stereocenters.